The van der Waals surface area contributed by atoms with Crippen LogP contribution in [0.5, 0.6) is 0 Å². The van der Waals surface area contributed by atoms with E-state index in [0.29, 0.717) is 5.76 Å². The van der Waals surface area contributed by atoms with E-state index in [1.54, 1.807) is 19.1 Å². The molecule has 2 aromatic heterocycles. The highest BCUT2D eigenvalue weighted by molar-refractivity contribution is 5.56. The highest BCUT2D eigenvalue weighted by Crippen LogP contribution is 2.15. The fraction of sp³-hybridized carbons (Fsp3) is 0.273. The maximum atomic E-state index is 12.1. The summed E-state index contributed by atoms with van der Waals surface area (Å²) in [5, 5.41) is 2.61. The van der Waals surface area contributed by atoms with Gasteiger partial charge in [0.1, 0.15) is 11.6 Å². The van der Waals surface area contributed by atoms with Crippen LogP contribution in [0.1, 0.15) is 12.7 Å². The zero-order valence-electron chi connectivity index (χ0n) is 10.2. The second-order valence-corrected chi connectivity index (χ2v) is 3.82. The van der Waals surface area contributed by atoms with E-state index in [-0.39, 0.29) is 18.9 Å². The minimum absolute atomic E-state index is 0.0282. The second-order valence-electron chi connectivity index (χ2n) is 3.82. The molecule has 2 heterocycles. The van der Waals surface area contributed by atoms with Crippen LogP contribution in [0.3, 0.4) is 0 Å². The van der Waals surface area contributed by atoms with E-state index in [0.717, 1.165) is 9.13 Å². The Balaban J connectivity index is 2.69. The Morgan fingerprint density at radius 2 is 2.11 bits per heavy atom. The van der Waals surface area contributed by atoms with Crippen molar-refractivity contribution in [2.24, 2.45) is 5.18 Å². The topological polar surface area (TPSA) is 113 Å². The first-order valence-electron chi connectivity index (χ1n) is 5.59. The Morgan fingerprint density at radius 3 is 2.63 bits per heavy atom. The fourth-order valence-corrected chi connectivity index (χ4v) is 1.78. The van der Waals surface area contributed by atoms with Gasteiger partial charge in [0.05, 0.1) is 12.8 Å². The van der Waals surface area contributed by atoms with E-state index in [2.05, 4.69) is 5.18 Å². The van der Waals surface area contributed by atoms with Crippen LogP contribution in [0.2, 0.25) is 0 Å². The third-order valence-corrected chi connectivity index (χ3v) is 2.74. The highest BCUT2D eigenvalue weighted by Gasteiger charge is 2.17. The van der Waals surface area contributed by atoms with E-state index >= 15 is 0 Å². The molecule has 0 unspecified atom stereocenters. The average molecular weight is 264 g/mol. The molecule has 2 N–H and O–H groups in total. The van der Waals surface area contributed by atoms with Crippen LogP contribution >= 0.6 is 0 Å². The number of hydrogen-bond acceptors (Lipinski definition) is 6. The lowest BCUT2D eigenvalue weighted by Crippen LogP contribution is -2.40. The molecule has 2 aromatic rings. The minimum atomic E-state index is -0.782. The Morgan fingerprint density at radius 1 is 1.37 bits per heavy atom. The summed E-state index contributed by atoms with van der Waals surface area (Å²) in [7, 11) is 0. The van der Waals surface area contributed by atoms with Gasteiger partial charge >= 0.3 is 5.69 Å². The number of nitrogens with zero attached hydrogens (tertiary/aromatic N) is 3. The van der Waals surface area contributed by atoms with Crippen LogP contribution in [0.15, 0.2) is 37.6 Å². The molecule has 8 nitrogen and oxygen atoms in total. The highest BCUT2D eigenvalue weighted by atomic mass is 16.3. The van der Waals surface area contributed by atoms with E-state index < -0.39 is 16.9 Å². The van der Waals surface area contributed by atoms with Gasteiger partial charge < -0.3 is 10.2 Å². The molecule has 0 atom stereocenters. The van der Waals surface area contributed by atoms with E-state index in [4.69, 9.17) is 10.2 Å². The van der Waals surface area contributed by atoms with Crippen molar-refractivity contribution >= 4 is 11.5 Å². The summed E-state index contributed by atoms with van der Waals surface area (Å²) in [5.74, 6) is 0.220. The van der Waals surface area contributed by atoms with Gasteiger partial charge in [0, 0.05) is 6.54 Å². The van der Waals surface area contributed by atoms with Crippen LogP contribution in [-0.2, 0) is 13.1 Å². The first-order chi connectivity index (χ1) is 9.10. The number of furan rings is 1. The molecule has 0 amide bonds. The van der Waals surface area contributed by atoms with Crippen molar-refractivity contribution in [2.45, 2.75) is 20.0 Å². The lowest BCUT2D eigenvalue weighted by molar-refractivity contribution is 0.481. The molecule has 0 spiro atoms. The third kappa shape index (κ3) is 2.07. The normalized spacial score (nSPS) is 10.6. The molecule has 0 aliphatic heterocycles. The largest absolute Gasteiger partial charge is 0.467 e. The molecule has 0 saturated heterocycles. The molecule has 0 saturated carbocycles. The Kier molecular flexibility index (Phi) is 3.32. The van der Waals surface area contributed by atoms with Crippen LogP contribution in [0.25, 0.3) is 0 Å². The molecule has 19 heavy (non-hydrogen) atoms. The lowest BCUT2D eigenvalue weighted by atomic mass is 10.4. The number of hydrogen-bond donors (Lipinski definition) is 1. The minimum Gasteiger partial charge on any atom is -0.467 e. The quantitative estimate of drug-likeness (QED) is 0.814. The van der Waals surface area contributed by atoms with Crippen molar-refractivity contribution in [3.05, 3.63) is 49.9 Å². The number of nitroso groups, excluding NO2 is 1. The number of rotatable bonds is 4. The Bertz CT molecular complexity index is 712. The van der Waals surface area contributed by atoms with Gasteiger partial charge in [-0.1, -0.05) is 0 Å². The first kappa shape index (κ1) is 12.8. The van der Waals surface area contributed by atoms with Gasteiger partial charge in [0.15, 0.2) is 0 Å². The van der Waals surface area contributed by atoms with Crippen molar-refractivity contribution in [2.75, 3.05) is 5.73 Å². The van der Waals surface area contributed by atoms with Crippen molar-refractivity contribution in [3.8, 4) is 0 Å². The smallest absolute Gasteiger partial charge is 0.333 e. The molecule has 0 aliphatic rings. The van der Waals surface area contributed by atoms with Crippen molar-refractivity contribution in [1.29, 1.82) is 0 Å². The third-order valence-electron chi connectivity index (χ3n) is 2.74. The van der Waals surface area contributed by atoms with Gasteiger partial charge in [-0.25, -0.2) is 4.79 Å². The summed E-state index contributed by atoms with van der Waals surface area (Å²) in [6.07, 6.45) is 1.45. The van der Waals surface area contributed by atoms with Crippen LogP contribution < -0.4 is 17.0 Å². The molecule has 0 aliphatic carbocycles. The summed E-state index contributed by atoms with van der Waals surface area (Å²) < 4.78 is 7.10. The predicted octanol–water partition coefficient (Wildman–Crippen LogP) is 0.651. The Labute approximate surface area is 107 Å². The molecule has 0 aromatic carbocycles. The number of nitrogen functional groups attached to an aromatic ring is 1. The fourth-order valence-electron chi connectivity index (χ4n) is 1.78. The van der Waals surface area contributed by atoms with Crippen molar-refractivity contribution in [1.82, 2.24) is 9.13 Å². The number of nitrogens with two attached hydrogens (primary N) is 1. The molecule has 8 heteroatoms. The number of aromatic nitrogens is 2. The SMILES string of the molecule is CCn1c(=O)c(N=O)c(N)n(Cc2ccco2)c1=O. The summed E-state index contributed by atoms with van der Waals surface area (Å²) in [5.41, 5.74) is 3.80. The van der Waals surface area contributed by atoms with Crippen LogP contribution in [0.4, 0.5) is 11.5 Å². The second kappa shape index (κ2) is 4.92. The van der Waals surface area contributed by atoms with Crippen molar-refractivity contribution in [3.63, 3.8) is 0 Å². The first-order valence-corrected chi connectivity index (χ1v) is 5.59. The number of anilines is 1. The van der Waals surface area contributed by atoms with Gasteiger partial charge in [-0.3, -0.25) is 13.9 Å². The Hall–Kier alpha value is -2.64. The summed E-state index contributed by atoms with van der Waals surface area (Å²) >= 11 is 0. The van der Waals surface area contributed by atoms with E-state index in [1.807, 2.05) is 0 Å². The molecular formula is C11H12N4O4. The maximum Gasteiger partial charge on any atom is 0.333 e. The molecule has 0 bridgehead atoms. The average Bonchev–Trinajstić information content (AvgIpc) is 2.88. The molecular weight excluding hydrogens is 252 g/mol. The van der Waals surface area contributed by atoms with Gasteiger partial charge in [-0.05, 0) is 24.2 Å². The molecule has 0 radical (unpaired) electrons. The van der Waals surface area contributed by atoms with Crippen LogP contribution in [0, 0.1) is 4.91 Å². The van der Waals surface area contributed by atoms with Crippen molar-refractivity contribution < 1.29 is 4.42 Å². The lowest BCUT2D eigenvalue weighted by Gasteiger charge is -2.11. The van der Waals surface area contributed by atoms with Gasteiger partial charge in [-0.2, -0.15) is 0 Å². The zero-order valence-corrected chi connectivity index (χ0v) is 10.2. The summed E-state index contributed by atoms with van der Waals surface area (Å²) in [4.78, 5) is 34.6. The van der Waals surface area contributed by atoms with E-state index in [1.165, 1.54) is 6.26 Å². The predicted molar refractivity (Wildman–Crippen MR) is 68.3 cm³/mol. The standard InChI is InChI=1S/C11H12N4O4/c1-2-14-10(16)8(13-18)9(12)15(11(14)17)6-7-4-3-5-19-7/h3-5H,2,6,12H2,1H3. The molecule has 0 fully saturated rings. The molecule has 2 rings (SSSR count). The van der Waals surface area contributed by atoms with E-state index in [9.17, 15) is 14.5 Å². The summed E-state index contributed by atoms with van der Waals surface area (Å²) in [6.45, 7) is 1.77. The maximum absolute atomic E-state index is 12.1. The van der Waals surface area contributed by atoms with Gasteiger partial charge in [0.2, 0.25) is 5.69 Å². The zero-order chi connectivity index (χ0) is 14.0. The van der Waals surface area contributed by atoms with Gasteiger partial charge in [0.25, 0.3) is 5.56 Å². The monoisotopic (exact) mass is 264 g/mol. The van der Waals surface area contributed by atoms with Gasteiger partial charge in [-0.15, -0.1) is 4.91 Å². The van der Waals surface area contributed by atoms with Crippen LogP contribution in [-0.4, -0.2) is 9.13 Å². The molecule has 100 valence electrons. The summed E-state index contributed by atoms with van der Waals surface area (Å²) in [6, 6.07) is 3.31.